The molecule has 1 aliphatic heterocycles. The van der Waals surface area contributed by atoms with Crippen molar-refractivity contribution in [2.45, 2.75) is 6.92 Å². The van der Waals surface area contributed by atoms with E-state index in [-0.39, 0.29) is 24.1 Å². The normalized spacial score (nSPS) is 19.7. The first kappa shape index (κ1) is 12.3. The maximum Gasteiger partial charge on any atom is 0.328 e. The van der Waals surface area contributed by atoms with E-state index in [2.05, 4.69) is 5.32 Å². The van der Waals surface area contributed by atoms with E-state index in [1.54, 1.807) is 6.92 Å². The van der Waals surface area contributed by atoms with Gasteiger partial charge in [-0.25, -0.2) is 9.18 Å². The van der Waals surface area contributed by atoms with Gasteiger partial charge in [0.1, 0.15) is 11.6 Å². The fourth-order valence-electron chi connectivity index (χ4n) is 1.82. The van der Waals surface area contributed by atoms with E-state index in [1.165, 1.54) is 30.2 Å². The molecular formula is C12H13FN2O3. The summed E-state index contributed by atoms with van der Waals surface area (Å²) in [6.07, 6.45) is 0. The number of hydrogen-bond donors (Lipinski definition) is 1. The molecular weight excluding hydrogens is 239 g/mol. The molecule has 1 unspecified atom stereocenters. The number of nitrogens with zero attached hydrogens (tertiary/aromatic N) is 1. The van der Waals surface area contributed by atoms with Gasteiger partial charge in [0.15, 0.2) is 0 Å². The number of imide groups is 1. The number of carbonyl (C=O) groups excluding carboxylic acids is 2. The summed E-state index contributed by atoms with van der Waals surface area (Å²) in [5.74, 6) is -0.821. The lowest BCUT2D eigenvalue weighted by Crippen LogP contribution is -2.54. The number of carbonyl (C=O) groups is 2. The van der Waals surface area contributed by atoms with Crippen LogP contribution in [0.15, 0.2) is 18.2 Å². The van der Waals surface area contributed by atoms with E-state index in [1.807, 2.05) is 0 Å². The molecule has 2 rings (SSSR count). The zero-order valence-electron chi connectivity index (χ0n) is 10.1. The molecule has 0 bridgehead atoms. The van der Waals surface area contributed by atoms with Gasteiger partial charge >= 0.3 is 6.03 Å². The summed E-state index contributed by atoms with van der Waals surface area (Å²) in [5, 5.41) is 2.24. The minimum atomic E-state index is -0.525. The Bertz CT molecular complexity index is 504. The molecule has 96 valence electrons. The van der Waals surface area contributed by atoms with E-state index in [9.17, 15) is 14.0 Å². The molecule has 1 fully saturated rings. The first-order valence-corrected chi connectivity index (χ1v) is 5.49. The number of nitrogens with one attached hydrogen (secondary N) is 1. The number of halogens is 1. The molecule has 0 aliphatic carbocycles. The van der Waals surface area contributed by atoms with E-state index in [0.717, 1.165) is 0 Å². The molecule has 0 spiro atoms. The van der Waals surface area contributed by atoms with E-state index in [0.29, 0.717) is 5.69 Å². The van der Waals surface area contributed by atoms with E-state index in [4.69, 9.17) is 4.74 Å². The van der Waals surface area contributed by atoms with Crippen LogP contribution < -0.4 is 15.0 Å². The topological polar surface area (TPSA) is 58.6 Å². The third-order valence-electron chi connectivity index (χ3n) is 2.81. The Hall–Kier alpha value is -2.11. The van der Waals surface area contributed by atoms with Crippen LogP contribution in [-0.4, -0.2) is 25.6 Å². The summed E-state index contributed by atoms with van der Waals surface area (Å²) in [5.41, 5.74) is 0.441. The van der Waals surface area contributed by atoms with Crippen LogP contribution in [0.1, 0.15) is 6.92 Å². The first-order valence-electron chi connectivity index (χ1n) is 5.49. The third-order valence-corrected chi connectivity index (χ3v) is 2.81. The van der Waals surface area contributed by atoms with Crippen molar-refractivity contribution in [3.05, 3.63) is 24.0 Å². The molecule has 1 aromatic rings. The molecule has 3 amide bonds. The second-order valence-electron chi connectivity index (χ2n) is 4.12. The van der Waals surface area contributed by atoms with Crippen molar-refractivity contribution in [2.24, 2.45) is 5.92 Å². The number of amides is 3. The molecule has 1 heterocycles. The maximum atomic E-state index is 13.1. The van der Waals surface area contributed by atoms with Gasteiger partial charge in [-0.15, -0.1) is 0 Å². The highest BCUT2D eigenvalue weighted by molar-refractivity contribution is 6.07. The third kappa shape index (κ3) is 2.13. The van der Waals surface area contributed by atoms with E-state index >= 15 is 0 Å². The monoisotopic (exact) mass is 252 g/mol. The first-order chi connectivity index (χ1) is 8.52. The minimum Gasteiger partial charge on any atom is -0.494 e. The lowest BCUT2D eigenvalue weighted by Gasteiger charge is -2.31. The van der Waals surface area contributed by atoms with Crippen molar-refractivity contribution >= 4 is 17.6 Å². The Morgan fingerprint density at radius 3 is 2.83 bits per heavy atom. The van der Waals surface area contributed by atoms with Crippen LogP contribution in [0.25, 0.3) is 0 Å². The van der Waals surface area contributed by atoms with Gasteiger partial charge in [0.25, 0.3) is 0 Å². The molecule has 5 nitrogen and oxygen atoms in total. The van der Waals surface area contributed by atoms with Gasteiger partial charge in [-0.3, -0.25) is 15.0 Å². The highest BCUT2D eigenvalue weighted by atomic mass is 19.1. The SMILES string of the molecule is COc1cc(F)ccc1N1CC(C)C(=O)NC1=O. The molecule has 0 radical (unpaired) electrons. The Kier molecular flexibility index (Phi) is 3.18. The van der Waals surface area contributed by atoms with Crippen LogP contribution in [0.5, 0.6) is 5.75 Å². The zero-order valence-corrected chi connectivity index (χ0v) is 10.1. The number of benzene rings is 1. The number of methoxy groups -OCH3 is 1. The van der Waals surface area contributed by atoms with Crippen LogP contribution in [0.4, 0.5) is 14.9 Å². The summed E-state index contributed by atoms with van der Waals surface area (Å²) >= 11 is 0. The van der Waals surface area contributed by atoms with Crippen LogP contribution in [0.2, 0.25) is 0 Å². The standard InChI is InChI=1S/C12H13FN2O3/c1-7-6-15(12(17)14-11(7)16)9-4-3-8(13)5-10(9)18-2/h3-5,7H,6H2,1-2H3,(H,14,16,17). The van der Waals surface area contributed by atoms with Crippen molar-refractivity contribution in [1.82, 2.24) is 5.32 Å². The molecule has 18 heavy (non-hydrogen) atoms. The average molecular weight is 252 g/mol. The molecule has 1 aromatic carbocycles. The Morgan fingerprint density at radius 2 is 2.17 bits per heavy atom. The van der Waals surface area contributed by atoms with Crippen molar-refractivity contribution in [3.8, 4) is 5.75 Å². The molecule has 1 N–H and O–H groups in total. The predicted octanol–water partition coefficient (Wildman–Crippen LogP) is 1.53. The number of hydrogen-bond acceptors (Lipinski definition) is 3. The summed E-state index contributed by atoms with van der Waals surface area (Å²) < 4.78 is 18.1. The molecule has 0 saturated carbocycles. The van der Waals surface area contributed by atoms with Crippen LogP contribution >= 0.6 is 0 Å². The van der Waals surface area contributed by atoms with Gasteiger partial charge in [0, 0.05) is 12.6 Å². The largest absolute Gasteiger partial charge is 0.494 e. The zero-order chi connectivity index (χ0) is 13.3. The van der Waals surface area contributed by atoms with Gasteiger partial charge in [-0.1, -0.05) is 6.92 Å². The smallest absolute Gasteiger partial charge is 0.328 e. The van der Waals surface area contributed by atoms with Crippen LogP contribution in [0.3, 0.4) is 0 Å². The second kappa shape index (κ2) is 4.64. The second-order valence-corrected chi connectivity index (χ2v) is 4.12. The lowest BCUT2D eigenvalue weighted by atomic mass is 10.1. The van der Waals surface area contributed by atoms with E-state index < -0.39 is 11.8 Å². The number of anilines is 1. The van der Waals surface area contributed by atoms with Gasteiger partial charge < -0.3 is 4.74 Å². The molecule has 1 atom stereocenters. The summed E-state index contributed by atoms with van der Waals surface area (Å²) in [6.45, 7) is 1.96. The number of urea groups is 1. The van der Waals surface area contributed by atoms with Crippen LogP contribution in [0, 0.1) is 11.7 Å². The molecule has 1 saturated heterocycles. The molecule has 0 aromatic heterocycles. The fourth-order valence-corrected chi connectivity index (χ4v) is 1.82. The summed E-state index contributed by atoms with van der Waals surface area (Å²) in [4.78, 5) is 24.5. The van der Waals surface area contributed by atoms with Crippen molar-refractivity contribution in [2.75, 3.05) is 18.6 Å². The van der Waals surface area contributed by atoms with Crippen molar-refractivity contribution in [1.29, 1.82) is 0 Å². The minimum absolute atomic E-state index is 0.243. The summed E-state index contributed by atoms with van der Waals surface area (Å²) in [7, 11) is 1.40. The maximum absolute atomic E-state index is 13.1. The van der Waals surface area contributed by atoms with Gasteiger partial charge in [-0.05, 0) is 12.1 Å². The molecule has 1 aliphatic rings. The Morgan fingerprint density at radius 1 is 1.44 bits per heavy atom. The van der Waals surface area contributed by atoms with Gasteiger partial charge in [-0.2, -0.15) is 0 Å². The fraction of sp³-hybridized carbons (Fsp3) is 0.333. The lowest BCUT2D eigenvalue weighted by molar-refractivity contribution is -0.123. The molecule has 6 heteroatoms. The number of ether oxygens (including phenoxy) is 1. The summed E-state index contributed by atoms with van der Waals surface area (Å²) in [6, 6.07) is 3.37. The number of rotatable bonds is 2. The van der Waals surface area contributed by atoms with Crippen molar-refractivity contribution in [3.63, 3.8) is 0 Å². The average Bonchev–Trinajstić information content (AvgIpc) is 2.34. The van der Waals surface area contributed by atoms with Gasteiger partial charge in [0.2, 0.25) is 5.91 Å². The van der Waals surface area contributed by atoms with Crippen LogP contribution in [-0.2, 0) is 4.79 Å². The Balaban J connectivity index is 2.36. The highest BCUT2D eigenvalue weighted by Gasteiger charge is 2.31. The Labute approximate surface area is 104 Å². The highest BCUT2D eigenvalue weighted by Crippen LogP contribution is 2.30. The predicted molar refractivity (Wildman–Crippen MR) is 63.0 cm³/mol. The quantitative estimate of drug-likeness (QED) is 0.868. The van der Waals surface area contributed by atoms with Crippen molar-refractivity contribution < 1.29 is 18.7 Å². The van der Waals surface area contributed by atoms with Gasteiger partial charge in [0.05, 0.1) is 18.7 Å².